The molecule has 0 radical (unpaired) electrons. The van der Waals surface area contributed by atoms with Crippen molar-refractivity contribution < 1.29 is 11.4 Å². The van der Waals surface area contributed by atoms with E-state index in [1.807, 2.05) is 43.7 Å². The normalized spacial score (nSPS) is 17.3. The van der Waals surface area contributed by atoms with Crippen LogP contribution in [0.15, 0.2) is 42.6 Å². The van der Waals surface area contributed by atoms with Gasteiger partial charge in [-0.25, -0.2) is 4.57 Å². The second kappa shape index (κ2) is 7.23. The van der Waals surface area contributed by atoms with E-state index in [9.17, 15) is 0 Å². The van der Waals surface area contributed by atoms with Gasteiger partial charge in [0.25, 0.3) is 0 Å². The van der Waals surface area contributed by atoms with Crippen molar-refractivity contribution in [3.05, 3.63) is 64.8 Å². The van der Waals surface area contributed by atoms with E-state index < -0.39 is 12.7 Å². The Labute approximate surface area is 165 Å². The topological polar surface area (TPSA) is 3.88 Å². The van der Waals surface area contributed by atoms with Crippen molar-refractivity contribution in [3.8, 4) is 11.3 Å². The third kappa shape index (κ3) is 3.53. The molecular formula is C25H32N+. The number of nitrogens with zero attached hydrogens (tertiary/aromatic N) is 1. The highest BCUT2D eigenvalue weighted by molar-refractivity contribution is 5.94. The summed E-state index contributed by atoms with van der Waals surface area (Å²) in [5.41, 5.74) is 5.42. The number of aryl methyl sites for hydroxylation is 1. The molecule has 1 heterocycles. The van der Waals surface area contributed by atoms with Gasteiger partial charge in [0.2, 0.25) is 5.69 Å². The summed E-state index contributed by atoms with van der Waals surface area (Å²) in [6, 6.07) is 11.9. The van der Waals surface area contributed by atoms with Crippen LogP contribution in [-0.2, 0) is 13.5 Å². The lowest BCUT2D eigenvalue weighted by Gasteiger charge is -2.15. The molecule has 3 rings (SSSR count). The van der Waals surface area contributed by atoms with Crippen molar-refractivity contribution in [2.75, 3.05) is 0 Å². The number of aromatic nitrogens is 1. The number of pyridine rings is 1. The molecular weight excluding hydrogens is 314 g/mol. The predicted octanol–water partition coefficient (Wildman–Crippen LogP) is 6.27. The van der Waals surface area contributed by atoms with E-state index in [1.54, 1.807) is 0 Å². The second-order valence-electron chi connectivity index (χ2n) is 7.79. The van der Waals surface area contributed by atoms with Crippen LogP contribution in [0.25, 0.3) is 22.0 Å². The zero-order valence-electron chi connectivity index (χ0n) is 21.7. The van der Waals surface area contributed by atoms with Gasteiger partial charge in [-0.2, -0.15) is 0 Å². The Morgan fingerprint density at radius 2 is 1.88 bits per heavy atom. The Morgan fingerprint density at radius 3 is 2.58 bits per heavy atom. The van der Waals surface area contributed by atoms with Gasteiger partial charge >= 0.3 is 0 Å². The minimum absolute atomic E-state index is 0.385. The van der Waals surface area contributed by atoms with Crippen LogP contribution in [0.1, 0.15) is 62.6 Å². The molecule has 0 aliphatic carbocycles. The van der Waals surface area contributed by atoms with Crippen LogP contribution < -0.4 is 4.57 Å². The van der Waals surface area contributed by atoms with E-state index in [4.69, 9.17) is 6.85 Å². The number of hydrogen-bond donors (Lipinski definition) is 0. The minimum Gasteiger partial charge on any atom is -0.200 e. The molecule has 0 saturated carbocycles. The highest BCUT2D eigenvalue weighted by Crippen LogP contribution is 2.32. The van der Waals surface area contributed by atoms with Crippen molar-refractivity contribution in [1.82, 2.24) is 0 Å². The molecule has 0 aliphatic heterocycles. The standard InChI is InChI=1S/C25H32N/c1-16(2)12-20-8-9-23-21(14-20)10-11-26(7)25(23)24-15-22(17(3)4)13-18(5)19(24)6/h8-11,13-17H,12H2,1-7H3/q+1/i3D3,11D,17D. The average Bonchev–Trinajstić information content (AvgIpc) is 2.64. The summed E-state index contributed by atoms with van der Waals surface area (Å²) in [6.07, 6.45) is 1.36. The maximum Gasteiger partial charge on any atom is 0.220 e. The maximum atomic E-state index is 8.59. The lowest BCUT2D eigenvalue weighted by molar-refractivity contribution is -0.659. The molecule has 1 heteroatoms. The zero-order chi connectivity index (χ0) is 23.3. The van der Waals surface area contributed by atoms with E-state index in [1.165, 1.54) is 12.5 Å². The molecule has 0 aliphatic rings. The fourth-order valence-electron chi connectivity index (χ4n) is 3.60. The molecule has 0 bridgehead atoms. The SMILES string of the molecule is [2H]c1cc2cc(CC(C)C)ccc2c(-c2cc(C([2H])(C)C([2H])([2H])[2H])cc(C)c2C)[n+]1C. The highest BCUT2D eigenvalue weighted by atomic mass is 14.9. The van der Waals surface area contributed by atoms with Crippen LogP contribution in [-0.4, -0.2) is 0 Å². The minimum atomic E-state index is -2.45. The molecule has 1 nitrogen and oxygen atoms in total. The fourth-order valence-corrected chi connectivity index (χ4v) is 3.60. The number of rotatable bonds is 4. The van der Waals surface area contributed by atoms with Crippen LogP contribution in [0.5, 0.6) is 0 Å². The van der Waals surface area contributed by atoms with Crippen molar-refractivity contribution in [1.29, 1.82) is 0 Å². The summed E-state index contributed by atoms with van der Waals surface area (Å²) in [5, 5.41) is 2.02. The van der Waals surface area contributed by atoms with Crippen LogP contribution in [0, 0.1) is 19.8 Å². The Kier molecular flexibility index (Phi) is 3.64. The summed E-state index contributed by atoms with van der Waals surface area (Å²) in [4.78, 5) is 0. The van der Waals surface area contributed by atoms with Gasteiger partial charge in [0.05, 0.1) is 10.9 Å². The summed E-state index contributed by atoms with van der Waals surface area (Å²) in [5.74, 6) is -1.18. The number of hydrogen-bond acceptors (Lipinski definition) is 0. The second-order valence-corrected chi connectivity index (χ2v) is 7.79. The van der Waals surface area contributed by atoms with Crippen LogP contribution >= 0.6 is 0 Å². The summed E-state index contributed by atoms with van der Waals surface area (Å²) < 4.78 is 42.6. The third-order valence-electron chi connectivity index (χ3n) is 5.12. The lowest BCUT2D eigenvalue weighted by Crippen LogP contribution is -2.31. The number of fused-ring (bicyclic) bond motifs is 1. The van der Waals surface area contributed by atoms with Gasteiger partial charge in [0, 0.05) is 11.5 Å². The highest BCUT2D eigenvalue weighted by Gasteiger charge is 2.19. The average molecular weight is 352 g/mol. The Morgan fingerprint density at radius 1 is 1.12 bits per heavy atom. The molecule has 26 heavy (non-hydrogen) atoms. The van der Waals surface area contributed by atoms with Gasteiger partial charge in [-0.1, -0.05) is 45.8 Å². The van der Waals surface area contributed by atoms with Gasteiger partial charge in [-0.15, -0.1) is 0 Å². The Hall–Kier alpha value is -2.15. The molecule has 0 spiro atoms. The van der Waals surface area contributed by atoms with Gasteiger partial charge in [0.15, 0.2) is 6.17 Å². The van der Waals surface area contributed by atoms with Gasteiger partial charge in [-0.3, -0.25) is 0 Å². The zero-order valence-corrected chi connectivity index (χ0v) is 16.7. The van der Waals surface area contributed by atoms with Crippen LogP contribution in [0.4, 0.5) is 0 Å². The van der Waals surface area contributed by atoms with E-state index in [0.717, 1.165) is 39.6 Å². The van der Waals surface area contributed by atoms with Gasteiger partial charge < -0.3 is 0 Å². The molecule has 1 unspecified atom stereocenters. The summed E-state index contributed by atoms with van der Waals surface area (Å²) >= 11 is 0. The summed E-state index contributed by atoms with van der Waals surface area (Å²) in [7, 11) is 1.87. The molecule has 0 amide bonds. The first-order valence-corrected chi connectivity index (χ1v) is 9.28. The molecule has 3 aromatic rings. The molecule has 0 saturated heterocycles. The largest absolute Gasteiger partial charge is 0.220 e. The first-order valence-electron chi connectivity index (χ1n) is 11.8. The van der Waals surface area contributed by atoms with Crippen LogP contribution in [0.3, 0.4) is 0 Å². The van der Waals surface area contributed by atoms with Crippen molar-refractivity contribution in [3.63, 3.8) is 0 Å². The Balaban J connectivity index is 2.34. The quantitative estimate of drug-likeness (QED) is 0.488. The summed E-state index contributed by atoms with van der Waals surface area (Å²) in [6.45, 7) is 7.35. The molecule has 1 aromatic heterocycles. The van der Waals surface area contributed by atoms with Crippen molar-refractivity contribution in [2.45, 2.75) is 53.8 Å². The van der Waals surface area contributed by atoms with E-state index in [2.05, 4.69) is 32.0 Å². The fraction of sp³-hybridized carbons (Fsp3) is 0.400. The van der Waals surface area contributed by atoms with Crippen molar-refractivity contribution in [2.24, 2.45) is 13.0 Å². The van der Waals surface area contributed by atoms with Crippen molar-refractivity contribution >= 4 is 10.8 Å². The first kappa shape index (κ1) is 13.1. The van der Waals surface area contributed by atoms with Gasteiger partial charge in [0.1, 0.15) is 8.42 Å². The monoisotopic (exact) mass is 351 g/mol. The van der Waals surface area contributed by atoms with E-state index in [-0.39, 0.29) is 0 Å². The molecule has 2 aromatic carbocycles. The predicted molar refractivity (Wildman–Crippen MR) is 113 cm³/mol. The lowest BCUT2D eigenvalue weighted by atomic mass is 9.90. The van der Waals surface area contributed by atoms with Crippen LogP contribution in [0.2, 0.25) is 0 Å². The van der Waals surface area contributed by atoms with E-state index >= 15 is 0 Å². The third-order valence-corrected chi connectivity index (χ3v) is 5.12. The number of benzene rings is 2. The molecule has 0 N–H and O–H groups in total. The van der Waals surface area contributed by atoms with Gasteiger partial charge in [-0.05, 0) is 71.9 Å². The molecule has 0 fully saturated rings. The Bertz CT molecular complexity index is 1140. The van der Waals surface area contributed by atoms with E-state index in [0.29, 0.717) is 17.7 Å². The molecule has 136 valence electrons. The first-order chi connectivity index (χ1) is 14.2. The maximum absolute atomic E-state index is 8.59. The molecule has 1 atom stereocenters. The smallest absolute Gasteiger partial charge is 0.200 e.